The molecule has 2 N–H and O–H groups in total. The van der Waals surface area contributed by atoms with Crippen LogP contribution in [0, 0.1) is 10.1 Å². The second-order valence-corrected chi connectivity index (χ2v) is 3.24. The van der Waals surface area contributed by atoms with E-state index in [1.165, 1.54) is 18.5 Å². The number of nitrogens with zero attached hydrogens (tertiary/aromatic N) is 4. The number of anilines is 1. The molecular weight excluding hydrogens is 210 g/mol. The molecule has 82 valence electrons. The van der Waals surface area contributed by atoms with Crippen molar-refractivity contribution in [2.75, 3.05) is 5.73 Å². The smallest absolute Gasteiger partial charge is 0.269 e. The first kappa shape index (κ1) is 10.1. The molecule has 0 radical (unpaired) electrons. The maximum absolute atomic E-state index is 10.4. The van der Waals surface area contributed by atoms with Crippen LogP contribution in [0.4, 0.5) is 11.6 Å². The molecule has 0 amide bonds. The van der Waals surface area contributed by atoms with Gasteiger partial charge >= 0.3 is 0 Å². The fourth-order valence-electron chi connectivity index (χ4n) is 1.31. The van der Waals surface area contributed by atoms with Crippen molar-refractivity contribution in [1.82, 2.24) is 14.8 Å². The van der Waals surface area contributed by atoms with E-state index >= 15 is 0 Å². The molecule has 0 aliphatic carbocycles. The van der Waals surface area contributed by atoms with Gasteiger partial charge in [0.15, 0.2) is 0 Å². The SMILES string of the molecule is Nc1nncn1Cc1ccc([N+](=O)[O-])cc1. The number of hydrogen-bond donors (Lipinski definition) is 1. The highest BCUT2D eigenvalue weighted by molar-refractivity contribution is 5.33. The number of aromatic nitrogens is 3. The molecule has 0 saturated heterocycles. The Labute approximate surface area is 90.7 Å². The van der Waals surface area contributed by atoms with Gasteiger partial charge in [-0.05, 0) is 5.56 Å². The molecule has 0 saturated carbocycles. The van der Waals surface area contributed by atoms with E-state index < -0.39 is 4.92 Å². The standard InChI is InChI=1S/C9H9N5O2/c10-9-12-11-6-13(9)5-7-1-3-8(4-2-7)14(15)16/h1-4,6H,5H2,(H2,10,12). The van der Waals surface area contributed by atoms with Gasteiger partial charge in [0, 0.05) is 12.1 Å². The van der Waals surface area contributed by atoms with Crippen molar-refractivity contribution < 1.29 is 4.92 Å². The number of rotatable bonds is 3. The third-order valence-electron chi connectivity index (χ3n) is 2.15. The Hall–Kier alpha value is -2.44. The molecule has 1 aromatic carbocycles. The van der Waals surface area contributed by atoms with Gasteiger partial charge in [-0.1, -0.05) is 12.1 Å². The second kappa shape index (κ2) is 3.97. The average Bonchev–Trinajstić information content (AvgIpc) is 2.65. The molecular formula is C9H9N5O2. The number of nitrogen functional groups attached to an aromatic ring is 1. The third kappa shape index (κ3) is 1.97. The summed E-state index contributed by atoms with van der Waals surface area (Å²) in [4.78, 5) is 10.0. The first-order valence-electron chi connectivity index (χ1n) is 4.53. The van der Waals surface area contributed by atoms with E-state index in [0.717, 1.165) is 5.56 Å². The minimum atomic E-state index is -0.434. The second-order valence-electron chi connectivity index (χ2n) is 3.24. The van der Waals surface area contributed by atoms with Gasteiger partial charge in [-0.25, -0.2) is 0 Å². The van der Waals surface area contributed by atoms with Crippen molar-refractivity contribution in [1.29, 1.82) is 0 Å². The zero-order valence-corrected chi connectivity index (χ0v) is 8.28. The van der Waals surface area contributed by atoms with Gasteiger partial charge in [-0.2, -0.15) is 0 Å². The van der Waals surface area contributed by atoms with Crippen LogP contribution in [0.25, 0.3) is 0 Å². The maximum Gasteiger partial charge on any atom is 0.269 e. The van der Waals surface area contributed by atoms with Gasteiger partial charge in [0.2, 0.25) is 5.95 Å². The highest BCUT2D eigenvalue weighted by Crippen LogP contribution is 2.13. The largest absolute Gasteiger partial charge is 0.368 e. The van der Waals surface area contributed by atoms with Gasteiger partial charge in [-0.3, -0.25) is 14.7 Å². The normalized spacial score (nSPS) is 10.2. The summed E-state index contributed by atoms with van der Waals surface area (Å²) in [6, 6.07) is 6.26. The number of hydrogen-bond acceptors (Lipinski definition) is 5. The van der Waals surface area contributed by atoms with E-state index in [1.807, 2.05) is 0 Å². The summed E-state index contributed by atoms with van der Waals surface area (Å²) in [6.07, 6.45) is 1.51. The van der Waals surface area contributed by atoms with Crippen molar-refractivity contribution in [3.63, 3.8) is 0 Å². The monoisotopic (exact) mass is 219 g/mol. The molecule has 0 unspecified atom stereocenters. The molecule has 0 atom stereocenters. The zero-order chi connectivity index (χ0) is 11.5. The van der Waals surface area contributed by atoms with E-state index in [-0.39, 0.29) is 5.69 Å². The van der Waals surface area contributed by atoms with Crippen LogP contribution in [0.15, 0.2) is 30.6 Å². The molecule has 16 heavy (non-hydrogen) atoms. The summed E-state index contributed by atoms with van der Waals surface area (Å²) in [5.74, 6) is 0.318. The predicted octanol–water partition coefficient (Wildman–Crippen LogP) is 0.817. The summed E-state index contributed by atoms with van der Waals surface area (Å²) >= 11 is 0. The molecule has 1 aromatic heterocycles. The summed E-state index contributed by atoms with van der Waals surface area (Å²) in [5, 5.41) is 17.7. The van der Waals surface area contributed by atoms with Crippen LogP contribution in [0.2, 0.25) is 0 Å². The molecule has 1 heterocycles. The molecule has 0 aliphatic heterocycles. The van der Waals surface area contributed by atoms with Gasteiger partial charge in [0.05, 0.1) is 11.5 Å². The molecule has 7 heteroatoms. The zero-order valence-electron chi connectivity index (χ0n) is 8.28. The Balaban J connectivity index is 2.17. The van der Waals surface area contributed by atoms with E-state index in [2.05, 4.69) is 10.2 Å². The molecule has 2 aromatic rings. The minimum absolute atomic E-state index is 0.0699. The average molecular weight is 219 g/mol. The van der Waals surface area contributed by atoms with Crippen molar-refractivity contribution in [2.45, 2.75) is 6.54 Å². The lowest BCUT2D eigenvalue weighted by Gasteiger charge is -2.02. The Morgan fingerprint density at radius 1 is 1.38 bits per heavy atom. The maximum atomic E-state index is 10.4. The Morgan fingerprint density at radius 2 is 2.06 bits per heavy atom. The quantitative estimate of drug-likeness (QED) is 0.608. The highest BCUT2D eigenvalue weighted by atomic mass is 16.6. The Morgan fingerprint density at radius 3 is 2.56 bits per heavy atom. The van der Waals surface area contributed by atoms with E-state index in [4.69, 9.17) is 5.73 Å². The Kier molecular flexibility index (Phi) is 2.50. The fraction of sp³-hybridized carbons (Fsp3) is 0.111. The van der Waals surface area contributed by atoms with Crippen LogP contribution in [-0.4, -0.2) is 19.7 Å². The first-order valence-corrected chi connectivity index (χ1v) is 4.53. The van der Waals surface area contributed by atoms with Crippen LogP contribution in [0.5, 0.6) is 0 Å². The minimum Gasteiger partial charge on any atom is -0.368 e. The van der Waals surface area contributed by atoms with Crippen LogP contribution in [0.1, 0.15) is 5.56 Å². The van der Waals surface area contributed by atoms with Gasteiger partial charge in [0.25, 0.3) is 5.69 Å². The summed E-state index contributed by atoms with van der Waals surface area (Å²) in [6.45, 7) is 0.497. The van der Waals surface area contributed by atoms with Crippen LogP contribution < -0.4 is 5.73 Å². The fourth-order valence-corrected chi connectivity index (χ4v) is 1.31. The van der Waals surface area contributed by atoms with Crippen molar-refractivity contribution in [3.8, 4) is 0 Å². The molecule has 0 aliphatic rings. The van der Waals surface area contributed by atoms with Gasteiger partial charge in [0.1, 0.15) is 6.33 Å². The van der Waals surface area contributed by atoms with E-state index in [1.54, 1.807) is 16.7 Å². The van der Waals surface area contributed by atoms with Gasteiger partial charge in [-0.15, -0.1) is 10.2 Å². The Bertz CT molecular complexity index is 505. The lowest BCUT2D eigenvalue weighted by Crippen LogP contribution is -2.03. The number of nitrogens with two attached hydrogens (primary N) is 1. The topological polar surface area (TPSA) is 99.9 Å². The van der Waals surface area contributed by atoms with Crippen LogP contribution in [-0.2, 0) is 6.54 Å². The molecule has 0 fully saturated rings. The number of non-ortho nitro benzene ring substituents is 1. The van der Waals surface area contributed by atoms with E-state index in [0.29, 0.717) is 12.5 Å². The number of benzene rings is 1. The number of nitro groups is 1. The lowest BCUT2D eigenvalue weighted by molar-refractivity contribution is -0.384. The highest BCUT2D eigenvalue weighted by Gasteiger charge is 2.05. The predicted molar refractivity (Wildman–Crippen MR) is 56.6 cm³/mol. The summed E-state index contributed by atoms with van der Waals surface area (Å²) < 4.78 is 1.65. The van der Waals surface area contributed by atoms with Crippen molar-refractivity contribution in [3.05, 3.63) is 46.3 Å². The van der Waals surface area contributed by atoms with Crippen molar-refractivity contribution >= 4 is 11.6 Å². The van der Waals surface area contributed by atoms with Crippen LogP contribution in [0.3, 0.4) is 0 Å². The van der Waals surface area contributed by atoms with Crippen LogP contribution >= 0.6 is 0 Å². The third-order valence-corrected chi connectivity index (χ3v) is 2.15. The van der Waals surface area contributed by atoms with Gasteiger partial charge < -0.3 is 5.73 Å². The van der Waals surface area contributed by atoms with Crippen molar-refractivity contribution in [2.24, 2.45) is 0 Å². The summed E-state index contributed by atoms with van der Waals surface area (Å²) in [5.41, 5.74) is 6.52. The van der Waals surface area contributed by atoms with E-state index in [9.17, 15) is 10.1 Å². The molecule has 0 spiro atoms. The number of nitro benzene ring substituents is 1. The summed E-state index contributed by atoms with van der Waals surface area (Å²) in [7, 11) is 0. The molecule has 0 bridgehead atoms. The lowest BCUT2D eigenvalue weighted by atomic mass is 10.2. The first-order chi connectivity index (χ1) is 7.66. The molecule has 7 nitrogen and oxygen atoms in total. The molecule has 2 rings (SSSR count).